The summed E-state index contributed by atoms with van der Waals surface area (Å²) in [5, 5.41) is 0. The standard InChI is InChI=1S/C10H11N5/c1-3-5-15-6-12-8-9(11)13-7(4-2)14-10(8)15/h2,6H,3,5H2,1H3,(H2,11,13,14). The Morgan fingerprint density at radius 2 is 2.33 bits per heavy atom. The van der Waals surface area contributed by atoms with Gasteiger partial charge < -0.3 is 10.3 Å². The lowest BCUT2D eigenvalue weighted by Crippen LogP contribution is -2.01. The minimum absolute atomic E-state index is 0.304. The van der Waals surface area contributed by atoms with Gasteiger partial charge in [-0.25, -0.2) is 15.0 Å². The average Bonchev–Trinajstić information content (AvgIpc) is 2.63. The largest absolute Gasteiger partial charge is 0.382 e. The molecule has 0 aliphatic heterocycles. The van der Waals surface area contributed by atoms with Crippen LogP contribution < -0.4 is 5.73 Å². The summed E-state index contributed by atoms with van der Waals surface area (Å²) in [5.41, 5.74) is 7.04. The molecule has 15 heavy (non-hydrogen) atoms. The highest BCUT2D eigenvalue weighted by molar-refractivity contribution is 5.81. The van der Waals surface area contributed by atoms with Gasteiger partial charge in [0.2, 0.25) is 5.82 Å². The Hall–Kier alpha value is -2.09. The molecule has 0 spiro atoms. The molecule has 0 saturated carbocycles. The van der Waals surface area contributed by atoms with Gasteiger partial charge in [-0.05, 0) is 12.3 Å². The van der Waals surface area contributed by atoms with Crippen LogP contribution in [0.25, 0.3) is 11.2 Å². The minimum atomic E-state index is 0.304. The molecule has 5 heteroatoms. The smallest absolute Gasteiger partial charge is 0.208 e. The number of fused-ring (bicyclic) bond motifs is 1. The van der Waals surface area contributed by atoms with Crippen LogP contribution in [0.4, 0.5) is 5.82 Å². The lowest BCUT2D eigenvalue weighted by atomic mass is 10.4. The van der Waals surface area contributed by atoms with Crippen LogP contribution in [0.1, 0.15) is 19.2 Å². The first-order chi connectivity index (χ1) is 7.26. The number of nitrogens with two attached hydrogens (primary N) is 1. The van der Waals surface area contributed by atoms with Gasteiger partial charge in [0.05, 0.1) is 6.33 Å². The second-order valence-electron chi connectivity index (χ2n) is 3.19. The molecule has 2 heterocycles. The number of aromatic nitrogens is 4. The Balaban J connectivity index is 2.68. The molecule has 2 aromatic rings. The molecule has 0 unspecified atom stereocenters. The Morgan fingerprint density at radius 1 is 1.53 bits per heavy atom. The van der Waals surface area contributed by atoms with Crippen molar-refractivity contribution in [3.63, 3.8) is 0 Å². The van der Waals surface area contributed by atoms with E-state index in [-0.39, 0.29) is 0 Å². The Bertz CT molecular complexity index is 534. The molecule has 2 rings (SSSR count). The molecule has 76 valence electrons. The number of nitrogen functional groups attached to an aromatic ring is 1. The zero-order chi connectivity index (χ0) is 10.8. The number of anilines is 1. The molecule has 0 aliphatic carbocycles. The van der Waals surface area contributed by atoms with E-state index in [1.54, 1.807) is 6.33 Å². The highest BCUT2D eigenvalue weighted by Gasteiger charge is 2.09. The van der Waals surface area contributed by atoms with E-state index in [4.69, 9.17) is 12.2 Å². The quantitative estimate of drug-likeness (QED) is 0.729. The molecular formula is C10H11N5. The third-order valence-corrected chi connectivity index (χ3v) is 2.08. The third kappa shape index (κ3) is 1.50. The van der Waals surface area contributed by atoms with Crippen LogP contribution in [0.3, 0.4) is 0 Å². The van der Waals surface area contributed by atoms with Gasteiger partial charge in [0.15, 0.2) is 11.5 Å². The van der Waals surface area contributed by atoms with Gasteiger partial charge >= 0.3 is 0 Å². The molecular weight excluding hydrogens is 190 g/mol. The van der Waals surface area contributed by atoms with Crippen molar-refractivity contribution in [1.82, 2.24) is 19.5 Å². The molecule has 0 radical (unpaired) electrons. The summed E-state index contributed by atoms with van der Waals surface area (Å²) >= 11 is 0. The maximum atomic E-state index is 5.72. The van der Waals surface area contributed by atoms with Crippen LogP contribution >= 0.6 is 0 Å². The summed E-state index contributed by atoms with van der Waals surface area (Å²) in [4.78, 5) is 12.3. The van der Waals surface area contributed by atoms with Crippen molar-refractivity contribution in [1.29, 1.82) is 0 Å². The van der Waals surface area contributed by atoms with Gasteiger partial charge in [0, 0.05) is 6.54 Å². The minimum Gasteiger partial charge on any atom is -0.382 e. The molecule has 5 nitrogen and oxygen atoms in total. The van der Waals surface area contributed by atoms with Crippen molar-refractivity contribution in [3.8, 4) is 12.3 Å². The Labute approximate surface area is 87.4 Å². The topological polar surface area (TPSA) is 69.6 Å². The van der Waals surface area contributed by atoms with Crippen molar-refractivity contribution in [2.75, 3.05) is 5.73 Å². The van der Waals surface area contributed by atoms with Gasteiger partial charge in [0.1, 0.15) is 5.52 Å². The molecule has 2 aromatic heterocycles. The fraction of sp³-hybridized carbons (Fsp3) is 0.300. The molecule has 0 saturated heterocycles. The summed E-state index contributed by atoms with van der Waals surface area (Å²) in [6.45, 7) is 2.93. The molecule has 0 fully saturated rings. The highest BCUT2D eigenvalue weighted by atomic mass is 15.1. The van der Waals surface area contributed by atoms with Crippen molar-refractivity contribution >= 4 is 17.0 Å². The first-order valence-corrected chi connectivity index (χ1v) is 4.71. The van der Waals surface area contributed by atoms with E-state index < -0.39 is 0 Å². The second-order valence-corrected chi connectivity index (χ2v) is 3.19. The molecule has 0 amide bonds. The maximum absolute atomic E-state index is 5.72. The summed E-state index contributed by atoms with van der Waals surface area (Å²) in [6, 6.07) is 0. The maximum Gasteiger partial charge on any atom is 0.208 e. The van der Waals surface area contributed by atoms with Crippen LogP contribution in [0, 0.1) is 12.3 Å². The Kier molecular flexibility index (Phi) is 2.26. The van der Waals surface area contributed by atoms with Crippen molar-refractivity contribution in [2.24, 2.45) is 0 Å². The fourth-order valence-electron chi connectivity index (χ4n) is 1.44. The van der Waals surface area contributed by atoms with Crippen LogP contribution in [0.15, 0.2) is 6.33 Å². The van der Waals surface area contributed by atoms with Crippen LogP contribution in [0.5, 0.6) is 0 Å². The van der Waals surface area contributed by atoms with E-state index in [2.05, 4.69) is 27.8 Å². The van der Waals surface area contributed by atoms with E-state index in [1.807, 2.05) is 4.57 Å². The van der Waals surface area contributed by atoms with Crippen LogP contribution in [0.2, 0.25) is 0 Å². The van der Waals surface area contributed by atoms with Gasteiger partial charge in [-0.2, -0.15) is 0 Å². The first-order valence-electron chi connectivity index (χ1n) is 4.71. The summed E-state index contributed by atoms with van der Waals surface area (Å²) in [7, 11) is 0. The monoisotopic (exact) mass is 201 g/mol. The van der Waals surface area contributed by atoms with Crippen LogP contribution in [-0.2, 0) is 6.54 Å². The number of hydrogen-bond acceptors (Lipinski definition) is 4. The summed E-state index contributed by atoms with van der Waals surface area (Å²) in [6.07, 6.45) is 7.95. The average molecular weight is 201 g/mol. The molecule has 2 N–H and O–H groups in total. The van der Waals surface area contributed by atoms with Crippen molar-refractivity contribution < 1.29 is 0 Å². The lowest BCUT2D eigenvalue weighted by molar-refractivity contribution is 0.691. The molecule has 0 aliphatic rings. The van der Waals surface area contributed by atoms with Gasteiger partial charge in [-0.1, -0.05) is 6.92 Å². The number of aryl methyl sites for hydroxylation is 1. The second kappa shape index (κ2) is 3.58. The number of imidazole rings is 1. The zero-order valence-electron chi connectivity index (χ0n) is 8.44. The van der Waals surface area contributed by atoms with Gasteiger partial charge in [0.25, 0.3) is 0 Å². The number of terminal acetylenes is 1. The molecule has 0 aromatic carbocycles. The summed E-state index contributed by atoms with van der Waals surface area (Å²) in [5.74, 6) is 3.02. The van der Waals surface area contributed by atoms with E-state index in [0.29, 0.717) is 22.8 Å². The van der Waals surface area contributed by atoms with E-state index in [9.17, 15) is 0 Å². The third-order valence-electron chi connectivity index (χ3n) is 2.08. The first kappa shape index (κ1) is 9.46. The lowest BCUT2D eigenvalue weighted by Gasteiger charge is -2.01. The van der Waals surface area contributed by atoms with Gasteiger partial charge in [-0.3, -0.25) is 0 Å². The summed E-state index contributed by atoms with van der Waals surface area (Å²) < 4.78 is 1.92. The Morgan fingerprint density at radius 3 is 3.00 bits per heavy atom. The number of nitrogens with zero attached hydrogens (tertiary/aromatic N) is 4. The van der Waals surface area contributed by atoms with E-state index >= 15 is 0 Å². The number of hydrogen-bond donors (Lipinski definition) is 1. The van der Waals surface area contributed by atoms with Crippen LogP contribution in [-0.4, -0.2) is 19.5 Å². The predicted molar refractivity (Wildman–Crippen MR) is 58.0 cm³/mol. The SMILES string of the molecule is C#Cc1nc(N)c2ncn(CCC)c2n1. The van der Waals surface area contributed by atoms with Crippen molar-refractivity contribution in [3.05, 3.63) is 12.2 Å². The molecule has 0 atom stereocenters. The van der Waals surface area contributed by atoms with E-state index in [1.165, 1.54) is 0 Å². The fourth-order valence-corrected chi connectivity index (χ4v) is 1.44. The predicted octanol–water partition coefficient (Wildman–Crippen LogP) is 0.800. The molecule has 0 bridgehead atoms. The van der Waals surface area contributed by atoms with E-state index in [0.717, 1.165) is 13.0 Å². The number of rotatable bonds is 2. The zero-order valence-corrected chi connectivity index (χ0v) is 8.44. The van der Waals surface area contributed by atoms with Crippen molar-refractivity contribution in [2.45, 2.75) is 19.9 Å². The van der Waals surface area contributed by atoms with Gasteiger partial charge in [-0.15, -0.1) is 6.42 Å². The normalized spacial score (nSPS) is 10.4. The highest BCUT2D eigenvalue weighted by Crippen LogP contribution is 2.15.